The third kappa shape index (κ3) is 2.42. The van der Waals surface area contributed by atoms with Crippen LogP contribution in [0.3, 0.4) is 0 Å². The van der Waals surface area contributed by atoms with Crippen LogP contribution in [-0.2, 0) is 4.79 Å². The number of nitrogens with zero attached hydrogens (tertiary/aromatic N) is 2. The van der Waals surface area contributed by atoms with Gasteiger partial charge in [-0.3, -0.25) is 4.79 Å². The minimum Gasteiger partial charge on any atom is -0.272 e. The molecule has 2 aromatic rings. The molecule has 0 bridgehead atoms. The normalized spacial score (nSPS) is 14.6. The van der Waals surface area contributed by atoms with Gasteiger partial charge in [-0.2, -0.15) is 10.1 Å². The highest BCUT2D eigenvalue weighted by Gasteiger charge is 2.27. The zero-order valence-corrected chi connectivity index (χ0v) is 11.9. The van der Waals surface area contributed by atoms with Crippen molar-refractivity contribution in [3.63, 3.8) is 0 Å². The van der Waals surface area contributed by atoms with Crippen molar-refractivity contribution in [1.82, 2.24) is 0 Å². The van der Waals surface area contributed by atoms with E-state index < -0.39 is 0 Å². The lowest BCUT2D eigenvalue weighted by Gasteiger charge is -2.13. The molecule has 1 aliphatic rings. The molecule has 0 unspecified atom stereocenters. The van der Waals surface area contributed by atoms with E-state index in [1.807, 2.05) is 30.3 Å². The van der Waals surface area contributed by atoms with Crippen LogP contribution in [0.4, 0.5) is 5.69 Å². The number of benzene rings is 2. The van der Waals surface area contributed by atoms with E-state index in [1.54, 1.807) is 18.2 Å². The maximum Gasteiger partial charge on any atom is 0.253 e. The summed E-state index contributed by atoms with van der Waals surface area (Å²) in [6, 6.07) is 14.6. The topological polar surface area (TPSA) is 32.7 Å². The number of halogens is 2. The van der Waals surface area contributed by atoms with E-state index in [1.165, 1.54) is 5.01 Å². The third-order valence-electron chi connectivity index (χ3n) is 3.02. The summed E-state index contributed by atoms with van der Waals surface area (Å²) >= 11 is 12.1. The number of hydrazone groups is 1. The third-order valence-corrected chi connectivity index (χ3v) is 3.57. The van der Waals surface area contributed by atoms with Gasteiger partial charge in [0.2, 0.25) is 0 Å². The van der Waals surface area contributed by atoms with Crippen LogP contribution in [0.2, 0.25) is 10.0 Å². The summed E-state index contributed by atoms with van der Waals surface area (Å²) in [6.45, 7) is 0. The first-order chi connectivity index (χ1) is 9.65. The van der Waals surface area contributed by atoms with Crippen LogP contribution in [0.25, 0.3) is 0 Å². The van der Waals surface area contributed by atoms with Gasteiger partial charge >= 0.3 is 0 Å². The Balaban J connectivity index is 2.01. The first-order valence-corrected chi connectivity index (χ1v) is 6.81. The molecule has 1 amide bonds. The van der Waals surface area contributed by atoms with Crippen molar-refractivity contribution in [3.05, 3.63) is 64.1 Å². The Morgan fingerprint density at radius 3 is 2.55 bits per heavy atom. The number of rotatable bonds is 2. The molecule has 1 heterocycles. The fourth-order valence-corrected chi connectivity index (χ4v) is 2.42. The monoisotopic (exact) mass is 304 g/mol. The Kier molecular flexibility index (Phi) is 3.47. The van der Waals surface area contributed by atoms with Crippen molar-refractivity contribution in [1.29, 1.82) is 0 Å². The average Bonchev–Trinajstić information content (AvgIpc) is 2.84. The second-order valence-electron chi connectivity index (χ2n) is 4.39. The zero-order chi connectivity index (χ0) is 14.1. The van der Waals surface area contributed by atoms with Gasteiger partial charge in [-0.05, 0) is 23.8 Å². The second kappa shape index (κ2) is 5.27. The Hall–Kier alpha value is -1.84. The Labute approximate surface area is 126 Å². The highest BCUT2D eigenvalue weighted by atomic mass is 35.5. The molecule has 0 N–H and O–H groups in total. The Morgan fingerprint density at radius 2 is 1.80 bits per heavy atom. The van der Waals surface area contributed by atoms with Gasteiger partial charge in [-0.1, -0.05) is 53.5 Å². The molecule has 5 heteroatoms. The Bertz CT molecular complexity index is 698. The van der Waals surface area contributed by atoms with Gasteiger partial charge < -0.3 is 0 Å². The van der Waals surface area contributed by atoms with E-state index in [4.69, 9.17) is 23.2 Å². The summed E-state index contributed by atoms with van der Waals surface area (Å²) < 4.78 is 0. The molecule has 3 nitrogen and oxygen atoms in total. The summed E-state index contributed by atoms with van der Waals surface area (Å²) in [5.41, 5.74) is 2.17. The van der Waals surface area contributed by atoms with E-state index in [-0.39, 0.29) is 12.3 Å². The van der Waals surface area contributed by atoms with Crippen molar-refractivity contribution >= 4 is 40.5 Å². The maximum absolute atomic E-state index is 12.1. The van der Waals surface area contributed by atoms with E-state index in [0.29, 0.717) is 15.7 Å². The maximum atomic E-state index is 12.1. The lowest BCUT2D eigenvalue weighted by molar-refractivity contribution is -0.116. The molecule has 0 fully saturated rings. The second-order valence-corrected chi connectivity index (χ2v) is 5.23. The largest absolute Gasteiger partial charge is 0.272 e. The average molecular weight is 305 g/mol. The molecule has 0 saturated heterocycles. The van der Waals surface area contributed by atoms with Gasteiger partial charge in [-0.25, -0.2) is 0 Å². The van der Waals surface area contributed by atoms with Crippen molar-refractivity contribution in [2.45, 2.75) is 6.42 Å². The van der Waals surface area contributed by atoms with Crippen LogP contribution >= 0.6 is 23.2 Å². The zero-order valence-electron chi connectivity index (χ0n) is 10.4. The van der Waals surface area contributed by atoms with Crippen LogP contribution in [0.1, 0.15) is 12.0 Å². The van der Waals surface area contributed by atoms with Crippen molar-refractivity contribution < 1.29 is 4.79 Å². The van der Waals surface area contributed by atoms with Gasteiger partial charge in [-0.15, -0.1) is 0 Å². The van der Waals surface area contributed by atoms with E-state index in [2.05, 4.69) is 5.10 Å². The fraction of sp³-hybridized carbons (Fsp3) is 0.0667. The molecule has 0 spiro atoms. The number of carbonyl (C=O) groups is 1. The standard InChI is InChI=1S/C15H10Cl2N2O/c16-11-6-7-12(17)14(8-11)19-15(20)9-13(18-19)10-4-2-1-3-5-10/h1-8H,9H2. The lowest BCUT2D eigenvalue weighted by Crippen LogP contribution is -2.19. The van der Waals surface area contributed by atoms with Crippen LogP contribution < -0.4 is 5.01 Å². The first-order valence-electron chi connectivity index (χ1n) is 6.06. The molecule has 0 aliphatic carbocycles. The molecule has 3 rings (SSSR count). The quantitative estimate of drug-likeness (QED) is 0.821. The minimum atomic E-state index is -0.118. The van der Waals surface area contributed by atoms with Crippen molar-refractivity contribution in [3.8, 4) is 0 Å². The molecule has 2 aromatic carbocycles. The minimum absolute atomic E-state index is 0.118. The predicted molar refractivity (Wildman–Crippen MR) is 81.5 cm³/mol. The molecule has 20 heavy (non-hydrogen) atoms. The first kappa shape index (κ1) is 13.2. The van der Waals surface area contributed by atoms with Crippen molar-refractivity contribution in [2.75, 3.05) is 5.01 Å². The number of carbonyl (C=O) groups excluding carboxylic acids is 1. The van der Waals surface area contributed by atoms with Crippen molar-refractivity contribution in [2.24, 2.45) is 5.10 Å². The molecule has 1 aliphatic heterocycles. The summed E-state index contributed by atoms with van der Waals surface area (Å²) in [4.78, 5) is 12.1. The lowest BCUT2D eigenvalue weighted by atomic mass is 10.1. The highest BCUT2D eigenvalue weighted by molar-refractivity contribution is 6.36. The van der Waals surface area contributed by atoms with Gasteiger partial charge in [0, 0.05) is 5.02 Å². The van der Waals surface area contributed by atoms with Gasteiger partial charge in [0.05, 0.1) is 22.8 Å². The van der Waals surface area contributed by atoms with E-state index >= 15 is 0 Å². The summed E-state index contributed by atoms with van der Waals surface area (Å²) in [5, 5.41) is 6.64. The van der Waals surface area contributed by atoms with Gasteiger partial charge in [0.1, 0.15) is 0 Å². The molecular weight excluding hydrogens is 295 g/mol. The SMILES string of the molecule is O=C1CC(c2ccccc2)=NN1c1cc(Cl)ccc1Cl. The fourth-order valence-electron chi connectivity index (χ4n) is 2.06. The predicted octanol–water partition coefficient (Wildman–Crippen LogP) is 4.13. The number of hydrogen-bond acceptors (Lipinski definition) is 2. The van der Waals surface area contributed by atoms with Gasteiger partial charge in [0.25, 0.3) is 5.91 Å². The summed E-state index contributed by atoms with van der Waals surface area (Å²) in [6.07, 6.45) is 0.257. The molecule has 0 aromatic heterocycles. The molecule has 0 atom stereocenters. The molecular formula is C15H10Cl2N2O. The number of anilines is 1. The van der Waals surface area contributed by atoms with Crippen LogP contribution in [0.5, 0.6) is 0 Å². The summed E-state index contributed by atoms with van der Waals surface area (Å²) in [7, 11) is 0. The Morgan fingerprint density at radius 1 is 1.05 bits per heavy atom. The van der Waals surface area contributed by atoms with Crippen LogP contribution in [-0.4, -0.2) is 11.6 Å². The van der Waals surface area contributed by atoms with Crippen LogP contribution in [0.15, 0.2) is 53.6 Å². The molecule has 100 valence electrons. The summed E-state index contributed by atoms with van der Waals surface area (Å²) in [5.74, 6) is -0.118. The van der Waals surface area contributed by atoms with Crippen LogP contribution in [0, 0.1) is 0 Å². The van der Waals surface area contributed by atoms with E-state index in [0.717, 1.165) is 11.3 Å². The smallest absolute Gasteiger partial charge is 0.253 e. The molecule has 0 radical (unpaired) electrons. The number of hydrogen-bond donors (Lipinski definition) is 0. The highest BCUT2D eigenvalue weighted by Crippen LogP contribution is 2.32. The number of amides is 1. The van der Waals surface area contributed by atoms with Gasteiger partial charge in [0.15, 0.2) is 0 Å². The molecule has 0 saturated carbocycles. The van der Waals surface area contributed by atoms with E-state index in [9.17, 15) is 4.79 Å².